The van der Waals surface area contributed by atoms with Crippen LogP contribution in [-0.2, 0) is 14.1 Å². The van der Waals surface area contributed by atoms with Crippen LogP contribution in [0.25, 0.3) is 16.7 Å². The summed E-state index contributed by atoms with van der Waals surface area (Å²) in [5, 5.41) is 5.37. The first-order valence-corrected chi connectivity index (χ1v) is 20.2. The van der Waals surface area contributed by atoms with E-state index in [1.54, 1.807) is 0 Å². The zero-order chi connectivity index (χ0) is 38.6. The lowest BCUT2D eigenvalue weighted by Crippen LogP contribution is -2.33. The fourth-order valence-electron chi connectivity index (χ4n) is 7.72. The van der Waals surface area contributed by atoms with Crippen molar-refractivity contribution in [3.8, 4) is 0 Å². The topological polar surface area (TPSA) is 19.7 Å². The normalized spacial score (nSPS) is 14.7. The lowest BCUT2D eigenvalue weighted by molar-refractivity contribution is 0.569. The van der Waals surface area contributed by atoms with Crippen molar-refractivity contribution in [1.29, 1.82) is 0 Å². The smallest absolute Gasteiger partial charge is 0.180 e. The number of imidazole rings is 2. The van der Waals surface area contributed by atoms with Gasteiger partial charge in [-0.15, -0.1) is 0 Å². The minimum Gasteiger partial charge on any atom is -0.322 e. The van der Waals surface area contributed by atoms with E-state index >= 15 is 0 Å². The average molecular weight is 831 g/mol. The summed E-state index contributed by atoms with van der Waals surface area (Å²) in [6.45, 7) is 8.70. The van der Waals surface area contributed by atoms with E-state index in [1.807, 2.05) is 48.5 Å². The first-order chi connectivity index (χ1) is 25.8. The highest BCUT2D eigenvalue weighted by atomic mass is 35.5. The summed E-state index contributed by atoms with van der Waals surface area (Å²) in [5.41, 5.74) is 10.9. The Kier molecular flexibility index (Phi) is 11.1. The molecular formula is C44H40Cl4N4S2. The van der Waals surface area contributed by atoms with Gasteiger partial charge >= 0.3 is 0 Å². The van der Waals surface area contributed by atoms with E-state index in [1.165, 1.54) is 55.5 Å². The van der Waals surface area contributed by atoms with Crippen LogP contribution >= 0.6 is 70.8 Å². The van der Waals surface area contributed by atoms with E-state index in [4.69, 9.17) is 70.8 Å². The molecule has 2 heterocycles. The Labute approximate surface area is 346 Å². The maximum Gasteiger partial charge on any atom is 0.180 e. The van der Waals surface area contributed by atoms with Gasteiger partial charge in [0, 0.05) is 64.2 Å². The van der Waals surface area contributed by atoms with E-state index in [9.17, 15) is 0 Å². The standard InChI is InChI=1S/2C22H20Cl2N2S/c2*1-13(2)26-21-19(15-6-10-17(24)11-7-15)12-18(20(21)25(3)22(26)27)14-4-8-16(23)9-5-14/h4-11,13H,12H2,1-3H3;4-13,18H,1-3H3. The highest BCUT2D eigenvalue weighted by Gasteiger charge is 2.33. The molecule has 0 radical (unpaired) electrons. The SMILES string of the molecule is CC(C)n1c2c(n(C)c1=S)=C(c1ccc(Cl)cc1)CC=2c1ccc(Cl)cc1.CC(C)n1c2c(n(C)c1=S)C(c1ccc(Cl)cc1)C=C2c1ccc(Cl)cc1. The Bertz CT molecular complexity index is 2660. The van der Waals surface area contributed by atoms with Crippen LogP contribution in [0.2, 0.25) is 20.1 Å². The van der Waals surface area contributed by atoms with Gasteiger partial charge in [0.25, 0.3) is 0 Å². The molecule has 2 aromatic heterocycles. The van der Waals surface area contributed by atoms with Gasteiger partial charge in [0.05, 0.1) is 22.1 Å². The number of hydrogen-bond donors (Lipinski definition) is 0. The van der Waals surface area contributed by atoms with Gasteiger partial charge in [-0.05, 0) is 134 Å². The third-order valence-corrected chi connectivity index (χ3v) is 12.2. The highest BCUT2D eigenvalue weighted by Crippen LogP contribution is 2.45. The van der Waals surface area contributed by atoms with Gasteiger partial charge in [-0.2, -0.15) is 0 Å². The molecule has 2 aliphatic carbocycles. The maximum absolute atomic E-state index is 6.12. The number of nitrogens with zero attached hydrogens (tertiary/aromatic N) is 4. The molecule has 2 aliphatic rings. The predicted molar refractivity (Wildman–Crippen MR) is 233 cm³/mol. The Hall–Kier alpha value is -3.62. The lowest BCUT2D eigenvalue weighted by atomic mass is 9.98. The summed E-state index contributed by atoms with van der Waals surface area (Å²) < 4.78 is 10.5. The molecule has 0 fully saturated rings. The number of fused-ring (bicyclic) bond motifs is 2. The molecule has 1 unspecified atom stereocenters. The predicted octanol–water partition coefficient (Wildman–Crippen LogP) is 12.3. The molecule has 4 aromatic carbocycles. The van der Waals surface area contributed by atoms with Crippen molar-refractivity contribution in [1.82, 2.24) is 18.3 Å². The summed E-state index contributed by atoms with van der Waals surface area (Å²) in [5.74, 6) is 0.134. The van der Waals surface area contributed by atoms with Crippen molar-refractivity contribution in [2.45, 2.75) is 52.1 Å². The molecule has 0 aliphatic heterocycles. The second-order valence-corrected chi connectivity index (χ2v) is 16.8. The summed E-state index contributed by atoms with van der Waals surface area (Å²) >= 11 is 36.0. The molecule has 10 heteroatoms. The molecule has 6 aromatic rings. The number of allylic oxidation sites excluding steroid dienone is 1. The van der Waals surface area contributed by atoms with Crippen LogP contribution in [0.1, 0.15) is 85.8 Å². The second kappa shape index (κ2) is 15.5. The van der Waals surface area contributed by atoms with Crippen LogP contribution < -0.4 is 10.7 Å². The summed E-state index contributed by atoms with van der Waals surface area (Å²) in [6.07, 6.45) is 3.18. The third-order valence-electron chi connectivity index (χ3n) is 10.2. The summed E-state index contributed by atoms with van der Waals surface area (Å²) in [7, 11) is 4.11. The van der Waals surface area contributed by atoms with Crippen molar-refractivity contribution < 1.29 is 0 Å². The molecule has 0 N–H and O–H groups in total. The first kappa shape index (κ1) is 38.6. The van der Waals surface area contributed by atoms with E-state index in [0.29, 0.717) is 0 Å². The quantitative estimate of drug-likeness (QED) is 0.156. The van der Waals surface area contributed by atoms with Crippen LogP contribution in [0, 0.1) is 9.54 Å². The molecule has 0 saturated carbocycles. The Morgan fingerprint density at radius 2 is 0.944 bits per heavy atom. The summed E-state index contributed by atoms with van der Waals surface area (Å²) in [6, 6.07) is 32.8. The maximum atomic E-state index is 6.12. The van der Waals surface area contributed by atoms with Crippen molar-refractivity contribution >= 4 is 87.6 Å². The van der Waals surface area contributed by atoms with Crippen molar-refractivity contribution in [2.75, 3.05) is 0 Å². The second-order valence-electron chi connectivity index (χ2n) is 14.3. The first-order valence-electron chi connectivity index (χ1n) is 17.9. The van der Waals surface area contributed by atoms with Crippen LogP contribution in [0.5, 0.6) is 0 Å². The highest BCUT2D eigenvalue weighted by molar-refractivity contribution is 7.71. The van der Waals surface area contributed by atoms with E-state index in [0.717, 1.165) is 41.6 Å². The largest absolute Gasteiger partial charge is 0.322 e. The number of benzene rings is 4. The number of hydrogen-bond acceptors (Lipinski definition) is 2. The van der Waals surface area contributed by atoms with Gasteiger partial charge in [0.15, 0.2) is 9.54 Å². The van der Waals surface area contributed by atoms with Crippen LogP contribution in [0.4, 0.5) is 0 Å². The average Bonchev–Trinajstić information content (AvgIpc) is 3.86. The molecule has 0 saturated heterocycles. The zero-order valence-electron chi connectivity index (χ0n) is 30.9. The number of rotatable bonds is 6. The van der Waals surface area contributed by atoms with E-state index in [2.05, 4.69) is 115 Å². The van der Waals surface area contributed by atoms with Gasteiger partial charge < -0.3 is 18.3 Å². The Morgan fingerprint density at radius 3 is 1.41 bits per heavy atom. The Balaban J connectivity index is 0.000000167. The molecule has 8 rings (SSSR count). The fraction of sp³-hybridized carbons (Fsp3) is 0.227. The van der Waals surface area contributed by atoms with E-state index in [-0.39, 0.29) is 18.0 Å². The van der Waals surface area contributed by atoms with Gasteiger partial charge in [0.1, 0.15) is 0 Å². The lowest BCUT2D eigenvalue weighted by Gasteiger charge is -2.13. The molecular weight excluding hydrogens is 790 g/mol. The number of aromatic nitrogens is 4. The zero-order valence-corrected chi connectivity index (χ0v) is 35.5. The van der Waals surface area contributed by atoms with Crippen molar-refractivity contribution in [2.24, 2.45) is 14.1 Å². The molecule has 54 heavy (non-hydrogen) atoms. The van der Waals surface area contributed by atoms with Gasteiger partial charge in [-0.3, -0.25) is 0 Å². The Morgan fingerprint density at radius 1 is 0.537 bits per heavy atom. The van der Waals surface area contributed by atoms with Crippen LogP contribution in [0.15, 0.2) is 103 Å². The van der Waals surface area contributed by atoms with Crippen LogP contribution in [0.3, 0.4) is 0 Å². The van der Waals surface area contributed by atoms with Gasteiger partial charge in [-0.25, -0.2) is 0 Å². The molecule has 1 atom stereocenters. The molecule has 276 valence electrons. The van der Waals surface area contributed by atoms with Gasteiger partial charge in [-0.1, -0.05) is 101 Å². The van der Waals surface area contributed by atoms with E-state index < -0.39 is 0 Å². The molecule has 4 nitrogen and oxygen atoms in total. The van der Waals surface area contributed by atoms with Crippen molar-refractivity contribution in [3.63, 3.8) is 0 Å². The third kappa shape index (κ3) is 7.02. The molecule has 0 amide bonds. The fourth-order valence-corrected chi connectivity index (χ4v) is 9.02. The van der Waals surface area contributed by atoms with Crippen molar-refractivity contribution in [3.05, 3.63) is 177 Å². The monoisotopic (exact) mass is 828 g/mol. The number of halogens is 4. The molecule has 0 bridgehead atoms. The minimum atomic E-state index is 0.134. The van der Waals surface area contributed by atoms with Gasteiger partial charge in [0.2, 0.25) is 0 Å². The molecule has 0 spiro atoms. The van der Waals surface area contributed by atoms with Crippen LogP contribution in [-0.4, -0.2) is 18.3 Å². The minimum absolute atomic E-state index is 0.134. The summed E-state index contributed by atoms with van der Waals surface area (Å²) in [4.78, 5) is 0.